The van der Waals surface area contributed by atoms with Crippen LogP contribution in [0.5, 0.6) is 0 Å². The Labute approximate surface area is 69.0 Å². The zero-order chi connectivity index (χ0) is 9.03. The fourth-order valence-corrected chi connectivity index (χ4v) is 0.964. The summed E-state index contributed by atoms with van der Waals surface area (Å²) in [4.78, 5) is 0. The van der Waals surface area contributed by atoms with Crippen LogP contribution >= 0.6 is 0 Å². The first-order chi connectivity index (χ1) is 5.58. The number of hydrogen-bond acceptors (Lipinski definition) is 1. The van der Waals surface area contributed by atoms with Gasteiger partial charge in [0.05, 0.1) is 0 Å². The second-order valence-corrected chi connectivity index (χ2v) is 2.63. The fraction of sp³-hybridized carbons (Fsp3) is 0.500. The molecule has 1 nitrogen and oxygen atoms in total. The van der Waals surface area contributed by atoms with Crippen LogP contribution in [0.4, 0.5) is 13.2 Å². The lowest BCUT2D eigenvalue weighted by atomic mass is 10.1. The van der Waals surface area contributed by atoms with Crippen molar-refractivity contribution in [3.05, 3.63) is 23.9 Å². The first kappa shape index (κ1) is 9.16. The molecule has 1 aliphatic carbocycles. The predicted octanol–water partition coefficient (Wildman–Crippen LogP) is 2.37. The molecule has 12 heavy (non-hydrogen) atoms. The van der Waals surface area contributed by atoms with Gasteiger partial charge in [0.15, 0.2) is 0 Å². The molecule has 0 radical (unpaired) electrons. The quantitative estimate of drug-likeness (QED) is 0.682. The second kappa shape index (κ2) is 3.65. The van der Waals surface area contributed by atoms with E-state index in [-0.39, 0.29) is 0 Å². The van der Waals surface area contributed by atoms with Crippen LogP contribution in [0.25, 0.3) is 0 Å². The third kappa shape index (κ3) is 3.46. The van der Waals surface area contributed by atoms with Crippen LogP contribution in [-0.4, -0.2) is 12.7 Å². The van der Waals surface area contributed by atoms with Crippen molar-refractivity contribution in [3.8, 4) is 0 Å². The number of nitrogens with one attached hydrogen (secondary N) is 1. The maximum atomic E-state index is 11.7. The first-order valence-corrected chi connectivity index (χ1v) is 3.74. The molecule has 0 spiro atoms. The van der Waals surface area contributed by atoms with E-state index in [2.05, 4.69) is 5.32 Å². The summed E-state index contributed by atoms with van der Waals surface area (Å²) in [6.45, 7) is -0.938. The van der Waals surface area contributed by atoms with Gasteiger partial charge in [-0.3, -0.25) is 0 Å². The fourth-order valence-electron chi connectivity index (χ4n) is 0.964. The highest BCUT2D eigenvalue weighted by Crippen LogP contribution is 2.15. The van der Waals surface area contributed by atoms with E-state index in [0.29, 0.717) is 12.1 Å². The molecule has 1 aliphatic rings. The molecule has 0 amide bonds. The number of hydrogen-bond donors (Lipinski definition) is 1. The molecule has 0 aromatic heterocycles. The summed E-state index contributed by atoms with van der Waals surface area (Å²) in [6, 6.07) is 0. The first-order valence-electron chi connectivity index (χ1n) is 3.74. The van der Waals surface area contributed by atoms with E-state index in [1.165, 1.54) is 0 Å². The molecule has 0 aromatic rings. The monoisotopic (exact) mass is 177 g/mol. The summed E-state index contributed by atoms with van der Waals surface area (Å²) in [5.74, 6) is 0. The van der Waals surface area contributed by atoms with Crippen molar-refractivity contribution in [2.45, 2.75) is 19.0 Å². The molecule has 0 fully saturated rings. The van der Waals surface area contributed by atoms with Crippen LogP contribution in [0.15, 0.2) is 23.9 Å². The van der Waals surface area contributed by atoms with Crippen LogP contribution in [0.2, 0.25) is 0 Å². The minimum Gasteiger partial charge on any atom is -0.380 e. The Kier molecular flexibility index (Phi) is 2.78. The van der Waals surface area contributed by atoms with Crippen molar-refractivity contribution in [2.75, 3.05) is 6.54 Å². The molecule has 0 aromatic carbocycles. The smallest absolute Gasteiger partial charge is 0.380 e. The van der Waals surface area contributed by atoms with Crippen LogP contribution < -0.4 is 5.32 Å². The van der Waals surface area contributed by atoms with Crippen LogP contribution in [-0.2, 0) is 0 Å². The molecule has 4 heteroatoms. The second-order valence-electron chi connectivity index (χ2n) is 2.63. The molecular weight excluding hydrogens is 167 g/mol. The molecule has 0 aliphatic heterocycles. The van der Waals surface area contributed by atoms with Crippen LogP contribution in [0.3, 0.4) is 0 Å². The predicted molar refractivity (Wildman–Crippen MR) is 40.5 cm³/mol. The molecule has 68 valence electrons. The Morgan fingerprint density at radius 1 is 1.42 bits per heavy atom. The molecule has 1 N–H and O–H groups in total. The van der Waals surface area contributed by atoms with E-state index in [4.69, 9.17) is 0 Å². The highest BCUT2D eigenvalue weighted by molar-refractivity contribution is 5.16. The lowest BCUT2D eigenvalue weighted by molar-refractivity contribution is -0.123. The van der Waals surface area contributed by atoms with Gasteiger partial charge in [-0.2, -0.15) is 13.2 Å². The zero-order valence-corrected chi connectivity index (χ0v) is 6.49. The van der Waals surface area contributed by atoms with Crippen molar-refractivity contribution in [1.29, 1.82) is 0 Å². The standard InChI is InChI=1S/C8H10F3N/c9-8(10,11)6-12-7-4-2-1-3-5-7/h1-2,4,12H,3,5-6H2. The third-order valence-electron chi connectivity index (χ3n) is 1.53. The lowest BCUT2D eigenvalue weighted by Crippen LogP contribution is -2.28. The number of allylic oxidation sites excluding steroid dienone is 4. The molecule has 1 rings (SSSR count). The van der Waals surface area contributed by atoms with Gasteiger partial charge in [0.1, 0.15) is 6.54 Å². The number of halogens is 3. The highest BCUT2D eigenvalue weighted by atomic mass is 19.4. The van der Waals surface area contributed by atoms with Gasteiger partial charge in [0, 0.05) is 5.70 Å². The topological polar surface area (TPSA) is 12.0 Å². The Morgan fingerprint density at radius 3 is 2.67 bits per heavy atom. The molecule has 0 atom stereocenters. The Morgan fingerprint density at radius 2 is 2.17 bits per heavy atom. The molecule has 0 saturated carbocycles. The molecule has 0 unspecified atom stereocenters. The maximum absolute atomic E-state index is 11.7. The minimum atomic E-state index is -4.12. The van der Waals surface area contributed by atoms with Gasteiger partial charge in [-0.15, -0.1) is 0 Å². The van der Waals surface area contributed by atoms with Crippen LogP contribution in [0, 0.1) is 0 Å². The summed E-state index contributed by atoms with van der Waals surface area (Å²) in [5.41, 5.74) is 0.662. The summed E-state index contributed by atoms with van der Waals surface area (Å²) >= 11 is 0. The van der Waals surface area contributed by atoms with Crippen molar-refractivity contribution >= 4 is 0 Å². The Balaban J connectivity index is 2.32. The lowest BCUT2D eigenvalue weighted by Gasteiger charge is -2.13. The average molecular weight is 177 g/mol. The van der Waals surface area contributed by atoms with Crippen molar-refractivity contribution in [1.82, 2.24) is 5.32 Å². The Bertz CT molecular complexity index is 203. The minimum absolute atomic E-state index is 0.662. The summed E-state index contributed by atoms with van der Waals surface area (Å²) in [7, 11) is 0. The van der Waals surface area contributed by atoms with Crippen LogP contribution in [0.1, 0.15) is 12.8 Å². The van der Waals surface area contributed by atoms with Gasteiger partial charge in [-0.05, 0) is 18.9 Å². The number of rotatable bonds is 2. The molecular formula is C8H10F3N. The maximum Gasteiger partial charge on any atom is 0.405 e. The van der Waals surface area contributed by atoms with Gasteiger partial charge in [-0.25, -0.2) is 0 Å². The van der Waals surface area contributed by atoms with E-state index in [1.807, 2.05) is 6.08 Å². The normalized spacial score (nSPS) is 17.4. The highest BCUT2D eigenvalue weighted by Gasteiger charge is 2.26. The molecule has 0 heterocycles. The Hall–Kier alpha value is -0.930. The van der Waals surface area contributed by atoms with E-state index >= 15 is 0 Å². The van der Waals surface area contributed by atoms with Gasteiger partial charge in [0.25, 0.3) is 0 Å². The number of alkyl halides is 3. The van der Waals surface area contributed by atoms with Gasteiger partial charge >= 0.3 is 6.18 Å². The molecule has 0 saturated heterocycles. The SMILES string of the molecule is FC(F)(F)CNC1=CC=CCC1. The van der Waals surface area contributed by atoms with E-state index in [9.17, 15) is 13.2 Å². The third-order valence-corrected chi connectivity index (χ3v) is 1.53. The van der Waals surface area contributed by atoms with E-state index in [1.54, 1.807) is 12.2 Å². The van der Waals surface area contributed by atoms with Crippen molar-refractivity contribution < 1.29 is 13.2 Å². The van der Waals surface area contributed by atoms with Crippen molar-refractivity contribution in [3.63, 3.8) is 0 Å². The molecule has 0 bridgehead atoms. The van der Waals surface area contributed by atoms with E-state index in [0.717, 1.165) is 6.42 Å². The summed E-state index contributed by atoms with van der Waals surface area (Å²) in [5, 5.41) is 2.35. The largest absolute Gasteiger partial charge is 0.405 e. The average Bonchev–Trinajstić information content (AvgIpc) is 2.02. The van der Waals surface area contributed by atoms with Crippen molar-refractivity contribution in [2.24, 2.45) is 0 Å². The van der Waals surface area contributed by atoms with E-state index < -0.39 is 12.7 Å². The summed E-state index contributed by atoms with van der Waals surface area (Å²) < 4.78 is 35.1. The van der Waals surface area contributed by atoms with Gasteiger partial charge in [-0.1, -0.05) is 12.2 Å². The van der Waals surface area contributed by atoms with Gasteiger partial charge < -0.3 is 5.32 Å². The zero-order valence-electron chi connectivity index (χ0n) is 6.49. The summed E-state index contributed by atoms with van der Waals surface area (Å²) in [6.07, 6.45) is 2.74. The van der Waals surface area contributed by atoms with Gasteiger partial charge in [0.2, 0.25) is 0 Å².